The molecule has 0 aliphatic heterocycles. The summed E-state index contributed by atoms with van der Waals surface area (Å²) in [5, 5.41) is 17.4. The fourth-order valence-electron chi connectivity index (χ4n) is 1.17. The molecule has 1 rings (SSSR count). The van der Waals surface area contributed by atoms with Crippen molar-refractivity contribution < 1.29 is 32.0 Å². The maximum Gasteiger partial charge on any atom is 0.488 e. The number of benzene rings is 1. The van der Waals surface area contributed by atoms with Crippen LogP contribution >= 0.6 is 0 Å². The number of alkyl halides is 5. The molecule has 0 spiro atoms. The van der Waals surface area contributed by atoms with Gasteiger partial charge in [0.15, 0.2) is 0 Å². The molecule has 0 radical (unpaired) electrons. The van der Waals surface area contributed by atoms with Crippen LogP contribution in [0, 0.1) is 0 Å². The first-order chi connectivity index (χ1) is 7.55. The molecular formula is C8H7BF5NO2. The van der Waals surface area contributed by atoms with E-state index in [2.05, 4.69) is 0 Å². The largest absolute Gasteiger partial charge is 0.488 e. The third-order valence-electron chi connectivity index (χ3n) is 1.99. The Labute approximate surface area is 92.8 Å². The fourth-order valence-corrected chi connectivity index (χ4v) is 1.17. The smallest absolute Gasteiger partial charge is 0.423 e. The van der Waals surface area contributed by atoms with Gasteiger partial charge in [0, 0.05) is 11.3 Å². The SMILES string of the molecule is Nc1cc(B(O)O)cc(C(F)(F)C(F)(F)F)c1. The van der Waals surface area contributed by atoms with Crippen LogP contribution in [0.5, 0.6) is 0 Å². The number of hydrogen-bond acceptors (Lipinski definition) is 3. The van der Waals surface area contributed by atoms with Crippen LogP contribution in [0.4, 0.5) is 27.6 Å². The lowest BCUT2D eigenvalue weighted by molar-refractivity contribution is -0.289. The van der Waals surface area contributed by atoms with Gasteiger partial charge in [0.2, 0.25) is 0 Å². The summed E-state index contributed by atoms with van der Waals surface area (Å²) in [6, 6.07) is 1.66. The van der Waals surface area contributed by atoms with Crippen molar-refractivity contribution in [1.29, 1.82) is 0 Å². The molecule has 0 saturated carbocycles. The molecule has 0 bridgehead atoms. The van der Waals surface area contributed by atoms with Crippen LogP contribution in [0.25, 0.3) is 0 Å². The van der Waals surface area contributed by atoms with Crippen LogP contribution < -0.4 is 11.2 Å². The van der Waals surface area contributed by atoms with Crippen molar-refractivity contribution in [3.63, 3.8) is 0 Å². The maximum absolute atomic E-state index is 12.9. The van der Waals surface area contributed by atoms with E-state index >= 15 is 0 Å². The molecule has 0 amide bonds. The second kappa shape index (κ2) is 4.15. The maximum atomic E-state index is 12.9. The summed E-state index contributed by atoms with van der Waals surface area (Å²) in [7, 11) is -2.18. The summed E-state index contributed by atoms with van der Waals surface area (Å²) in [6.07, 6.45) is -5.78. The van der Waals surface area contributed by atoms with Gasteiger partial charge in [0.25, 0.3) is 0 Å². The molecule has 3 nitrogen and oxygen atoms in total. The van der Waals surface area contributed by atoms with Crippen molar-refractivity contribution in [2.75, 3.05) is 5.73 Å². The van der Waals surface area contributed by atoms with Gasteiger partial charge in [-0.25, -0.2) is 0 Å². The summed E-state index contributed by atoms with van der Waals surface area (Å²) in [5.41, 5.74) is 2.72. The van der Waals surface area contributed by atoms with Crippen molar-refractivity contribution in [1.82, 2.24) is 0 Å². The van der Waals surface area contributed by atoms with Crippen molar-refractivity contribution >= 4 is 18.3 Å². The number of nitrogens with two attached hydrogens (primary N) is 1. The molecule has 0 unspecified atom stereocenters. The molecule has 0 atom stereocenters. The van der Waals surface area contributed by atoms with Crippen LogP contribution in [0.3, 0.4) is 0 Å². The van der Waals surface area contributed by atoms with E-state index in [1.807, 2.05) is 0 Å². The zero-order valence-electron chi connectivity index (χ0n) is 8.17. The predicted molar refractivity (Wildman–Crippen MR) is 50.6 cm³/mol. The minimum Gasteiger partial charge on any atom is -0.423 e. The molecule has 0 aliphatic rings. The van der Waals surface area contributed by atoms with Gasteiger partial charge < -0.3 is 15.8 Å². The molecule has 94 valence electrons. The summed E-state index contributed by atoms with van der Waals surface area (Å²) in [5.74, 6) is -5.11. The fraction of sp³-hybridized carbons (Fsp3) is 0.250. The first kappa shape index (κ1) is 13.7. The van der Waals surface area contributed by atoms with Gasteiger partial charge in [-0.2, -0.15) is 22.0 Å². The summed E-state index contributed by atoms with van der Waals surface area (Å²) < 4.78 is 62.1. The molecule has 4 N–H and O–H groups in total. The molecule has 17 heavy (non-hydrogen) atoms. The molecule has 0 heterocycles. The van der Waals surface area contributed by atoms with Crippen molar-refractivity contribution in [3.05, 3.63) is 23.8 Å². The van der Waals surface area contributed by atoms with Crippen LogP contribution in [-0.4, -0.2) is 23.3 Å². The molecule has 0 aliphatic carbocycles. The number of rotatable bonds is 2. The Morgan fingerprint density at radius 2 is 1.53 bits per heavy atom. The van der Waals surface area contributed by atoms with Crippen LogP contribution in [0.15, 0.2) is 18.2 Å². The molecule has 0 fully saturated rings. The van der Waals surface area contributed by atoms with E-state index in [1.54, 1.807) is 0 Å². The highest BCUT2D eigenvalue weighted by Gasteiger charge is 2.58. The number of hydrogen-bond donors (Lipinski definition) is 3. The second-order valence-corrected chi connectivity index (χ2v) is 3.33. The predicted octanol–water partition coefficient (Wildman–Crippen LogP) is 0.603. The summed E-state index contributed by atoms with van der Waals surface area (Å²) in [4.78, 5) is 0. The molecule has 0 saturated heterocycles. The van der Waals surface area contributed by atoms with E-state index in [0.717, 1.165) is 6.07 Å². The van der Waals surface area contributed by atoms with Crippen molar-refractivity contribution in [2.45, 2.75) is 12.1 Å². The average molecular weight is 255 g/mol. The summed E-state index contributed by atoms with van der Waals surface area (Å²) >= 11 is 0. The highest BCUT2D eigenvalue weighted by molar-refractivity contribution is 6.58. The van der Waals surface area contributed by atoms with E-state index < -0.39 is 35.9 Å². The van der Waals surface area contributed by atoms with Crippen LogP contribution in [0.2, 0.25) is 0 Å². The minimum absolute atomic E-state index is 0.342. The summed E-state index contributed by atoms with van der Waals surface area (Å²) in [6.45, 7) is 0. The molecule has 9 heteroatoms. The first-order valence-corrected chi connectivity index (χ1v) is 4.27. The van der Waals surface area contributed by atoms with Crippen LogP contribution in [-0.2, 0) is 5.92 Å². The highest BCUT2D eigenvalue weighted by Crippen LogP contribution is 2.43. The Hall–Kier alpha value is -1.35. The highest BCUT2D eigenvalue weighted by atomic mass is 19.4. The van der Waals surface area contributed by atoms with Crippen molar-refractivity contribution in [2.24, 2.45) is 0 Å². The molecular weight excluding hydrogens is 248 g/mol. The standard InChI is InChI=1S/C8H7BF5NO2/c10-7(11,8(12,13)14)4-1-5(9(16)17)3-6(15)2-4/h1-3,16-17H,15H2. The van der Waals surface area contributed by atoms with E-state index in [9.17, 15) is 22.0 Å². The number of anilines is 1. The van der Waals surface area contributed by atoms with Gasteiger partial charge >= 0.3 is 19.2 Å². The van der Waals surface area contributed by atoms with Gasteiger partial charge in [-0.05, 0) is 17.6 Å². The lowest BCUT2D eigenvalue weighted by atomic mass is 9.78. The van der Waals surface area contributed by atoms with Gasteiger partial charge in [0.05, 0.1) is 0 Å². The Balaban J connectivity index is 3.32. The minimum atomic E-state index is -5.78. The van der Waals surface area contributed by atoms with E-state index in [4.69, 9.17) is 15.8 Å². The molecule has 1 aromatic rings. The van der Waals surface area contributed by atoms with Gasteiger partial charge in [-0.1, -0.05) is 6.07 Å². The molecule has 0 aromatic heterocycles. The Morgan fingerprint density at radius 1 is 1.00 bits per heavy atom. The Kier molecular flexibility index (Phi) is 3.35. The van der Waals surface area contributed by atoms with Crippen LogP contribution in [0.1, 0.15) is 5.56 Å². The van der Waals surface area contributed by atoms with Gasteiger partial charge in [-0.15, -0.1) is 0 Å². The quantitative estimate of drug-likeness (QED) is 0.412. The van der Waals surface area contributed by atoms with E-state index in [1.165, 1.54) is 0 Å². The third-order valence-corrected chi connectivity index (χ3v) is 1.99. The first-order valence-electron chi connectivity index (χ1n) is 4.27. The lowest BCUT2D eigenvalue weighted by Crippen LogP contribution is -2.37. The Morgan fingerprint density at radius 3 is 1.94 bits per heavy atom. The third kappa shape index (κ3) is 2.67. The second-order valence-electron chi connectivity index (χ2n) is 3.33. The van der Waals surface area contributed by atoms with E-state index in [-0.39, 0.29) is 0 Å². The van der Waals surface area contributed by atoms with Gasteiger partial charge in [0.1, 0.15) is 0 Å². The lowest BCUT2D eigenvalue weighted by Gasteiger charge is -2.20. The monoisotopic (exact) mass is 255 g/mol. The molecule has 1 aromatic carbocycles. The van der Waals surface area contributed by atoms with Gasteiger partial charge in [-0.3, -0.25) is 0 Å². The Bertz CT molecular complexity index is 421. The normalized spacial score (nSPS) is 12.6. The topological polar surface area (TPSA) is 66.5 Å². The number of nitrogen functional groups attached to an aromatic ring is 1. The zero-order chi connectivity index (χ0) is 13.4. The number of halogens is 5. The average Bonchev–Trinajstić information content (AvgIpc) is 2.14. The zero-order valence-corrected chi connectivity index (χ0v) is 8.17. The van der Waals surface area contributed by atoms with Crippen molar-refractivity contribution in [3.8, 4) is 0 Å². The van der Waals surface area contributed by atoms with E-state index in [0.29, 0.717) is 12.1 Å².